The topological polar surface area (TPSA) is 61.9 Å². The highest BCUT2D eigenvalue weighted by Crippen LogP contribution is 2.31. The van der Waals surface area contributed by atoms with E-state index in [1.54, 1.807) is 35.5 Å². The quantitative estimate of drug-likeness (QED) is 0.769. The number of rotatable bonds is 5. The van der Waals surface area contributed by atoms with Crippen LogP contribution in [0.1, 0.15) is 41.0 Å². The minimum absolute atomic E-state index is 0.183. The first-order valence-corrected chi connectivity index (χ1v) is 8.10. The first-order chi connectivity index (χ1) is 12.1. The summed E-state index contributed by atoms with van der Waals surface area (Å²) in [6.45, 7) is 0.467. The number of carbonyl (C=O) groups excluding carboxylic acids is 1. The van der Waals surface area contributed by atoms with Crippen molar-refractivity contribution in [1.82, 2.24) is 19.9 Å². The number of fused-ring (bicyclic) bond motifs is 1. The van der Waals surface area contributed by atoms with E-state index in [4.69, 9.17) is 0 Å². The fraction of sp³-hybridized carbons (Fsp3) is 0.278. The Balaban J connectivity index is 1.69. The second kappa shape index (κ2) is 6.23. The van der Waals surface area contributed by atoms with E-state index in [9.17, 15) is 13.6 Å². The third-order valence-corrected chi connectivity index (χ3v) is 4.32. The van der Waals surface area contributed by atoms with Crippen molar-refractivity contribution in [1.29, 1.82) is 0 Å². The largest absolute Gasteiger partial charge is 0.337 e. The van der Waals surface area contributed by atoms with Crippen LogP contribution in [0.4, 0.5) is 8.78 Å². The molecule has 1 N–H and O–H groups in total. The number of alkyl halides is 2. The van der Waals surface area contributed by atoms with Gasteiger partial charge >= 0.3 is 0 Å². The van der Waals surface area contributed by atoms with E-state index in [0.717, 1.165) is 18.4 Å². The van der Waals surface area contributed by atoms with Crippen LogP contribution in [0, 0.1) is 0 Å². The van der Waals surface area contributed by atoms with Crippen LogP contribution in [-0.2, 0) is 6.54 Å². The molecule has 1 amide bonds. The molecular weight excluding hydrogens is 326 g/mol. The molecule has 1 aliphatic carbocycles. The standard InChI is InChI=1S/C18H16F2N4O/c19-16(20)17-22-14-3-1-2-13(15(14)23-17)18(25)24(12-4-5-12)10-11-6-8-21-9-7-11/h1-3,6-9,12,16H,4-5,10H2,(H,22,23). The Labute approximate surface area is 142 Å². The van der Waals surface area contributed by atoms with Crippen molar-refractivity contribution in [3.63, 3.8) is 0 Å². The van der Waals surface area contributed by atoms with Crippen LogP contribution in [-0.4, -0.2) is 31.8 Å². The van der Waals surface area contributed by atoms with E-state index < -0.39 is 12.2 Å². The summed E-state index contributed by atoms with van der Waals surface area (Å²) >= 11 is 0. The van der Waals surface area contributed by atoms with Gasteiger partial charge < -0.3 is 9.88 Å². The van der Waals surface area contributed by atoms with Gasteiger partial charge in [0.05, 0.1) is 11.1 Å². The molecule has 128 valence electrons. The number of H-pyrrole nitrogens is 1. The number of pyridine rings is 1. The molecule has 2 aromatic heterocycles. The number of aromatic nitrogens is 3. The van der Waals surface area contributed by atoms with E-state index in [2.05, 4.69) is 15.0 Å². The Morgan fingerprint density at radius 1 is 1.24 bits per heavy atom. The Bertz CT molecular complexity index is 906. The van der Waals surface area contributed by atoms with E-state index in [-0.39, 0.29) is 11.9 Å². The van der Waals surface area contributed by atoms with Gasteiger partial charge in [-0.15, -0.1) is 0 Å². The summed E-state index contributed by atoms with van der Waals surface area (Å²) in [7, 11) is 0. The maximum Gasteiger partial charge on any atom is 0.295 e. The molecule has 1 aromatic carbocycles. The fourth-order valence-corrected chi connectivity index (χ4v) is 2.92. The number of halogens is 2. The lowest BCUT2D eigenvalue weighted by atomic mass is 10.1. The summed E-state index contributed by atoms with van der Waals surface area (Å²) in [5, 5.41) is 0. The average molecular weight is 342 g/mol. The summed E-state index contributed by atoms with van der Waals surface area (Å²) in [4.78, 5) is 25.4. The third kappa shape index (κ3) is 3.09. The summed E-state index contributed by atoms with van der Waals surface area (Å²) in [6, 6.07) is 8.89. The van der Waals surface area contributed by atoms with Gasteiger partial charge in [0.25, 0.3) is 12.3 Å². The van der Waals surface area contributed by atoms with Gasteiger partial charge in [-0.2, -0.15) is 0 Å². The molecule has 1 fully saturated rings. The van der Waals surface area contributed by atoms with E-state index >= 15 is 0 Å². The van der Waals surface area contributed by atoms with Crippen molar-refractivity contribution in [2.45, 2.75) is 31.9 Å². The van der Waals surface area contributed by atoms with Crippen LogP contribution in [0.15, 0.2) is 42.7 Å². The number of imidazole rings is 1. The molecule has 0 spiro atoms. The SMILES string of the molecule is O=C(c1cccc2[nH]c(C(F)F)nc12)N(Cc1ccncc1)C1CC1. The van der Waals surface area contributed by atoms with Gasteiger partial charge in [0.2, 0.25) is 0 Å². The van der Waals surface area contributed by atoms with E-state index in [1.807, 2.05) is 12.1 Å². The smallest absolute Gasteiger partial charge is 0.295 e. The molecule has 1 saturated carbocycles. The highest BCUT2D eigenvalue weighted by Gasteiger charge is 2.34. The van der Waals surface area contributed by atoms with Crippen LogP contribution in [0.2, 0.25) is 0 Å². The average Bonchev–Trinajstić information content (AvgIpc) is 3.36. The molecule has 3 aromatic rings. The Hall–Kier alpha value is -2.83. The zero-order chi connectivity index (χ0) is 17.4. The number of para-hydroxylation sites is 1. The molecule has 2 heterocycles. The molecule has 0 bridgehead atoms. The van der Waals surface area contributed by atoms with Gasteiger partial charge in [-0.25, -0.2) is 13.8 Å². The number of hydrogen-bond donors (Lipinski definition) is 1. The van der Waals surface area contributed by atoms with Crippen molar-refractivity contribution in [2.75, 3.05) is 0 Å². The summed E-state index contributed by atoms with van der Waals surface area (Å²) in [6.07, 6.45) is 2.58. The number of carbonyl (C=O) groups is 1. The third-order valence-electron chi connectivity index (χ3n) is 4.32. The lowest BCUT2D eigenvalue weighted by molar-refractivity contribution is 0.0731. The number of benzene rings is 1. The van der Waals surface area contributed by atoms with Gasteiger partial charge in [-0.1, -0.05) is 6.07 Å². The van der Waals surface area contributed by atoms with Gasteiger partial charge in [0, 0.05) is 25.0 Å². The van der Waals surface area contributed by atoms with E-state index in [0.29, 0.717) is 23.1 Å². The summed E-state index contributed by atoms with van der Waals surface area (Å²) in [5.74, 6) is -0.598. The van der Waals surface area contributed by atoms with Crippen LogP contribution in [0.25, 0.3) is 11.0 Å². The maximum atomic E-state index is 13.1. The molecule has 0 saturated heterocycles. The van der Waals surface area contributed by atoms with Gasteiger partial charge in [0.15, 0.2) is 5.82 Å². The monoisotopic (exact) mass is 342 g/mol. The predicted molar refractivity (Wildman–Crippen MR) is 88.2 cm³/mol. The Morgan fingerprint density at radius 2 is 2.00 bits per heavy atom. The molecular formula is C18H16F2N4O. The molecule has 0 aliphatic heterocycles. The normalized spacial score (nSPS) is 14.2. The van der Waals surface area contributed by atoms with Gasteiger partial charge in [0.1, 0.15) is 5.52 Å². The minimum atomic E-state index is -2.70. The molecule has 1 aliphatic rings. The maximum absolute atomic E-state index is 13.1. The summed E-state index contributed by atoms with van der Waals surface area (Å²) < 4.78 is 25.9. The molecule has 5 nitrogen and oxygen atoms in total. The predicted octanol–water partition coefficient (Wildman–Crippen LogP) is 3.70. The molecule has 4 rings (SSSR count). The lowest BCUT2D eigenvalue weighted by Gasteiger charge is -2.22. The van der Waals surface area contributed by atoms with Gasteiger partial charge in [-0.3, -0.25) is 9.78 Å². The highest BCUT2D eigenvalue weighted by molar-refractivity contribution is 6.05. The number of amides is 1. The zero-order valence-electron chi connectivity index (χ0n) is 13.3. The second-order valence-electron chi connectivity index (χ2n) is 6.14. The lowest BCUT2D eigenvalue weighted by Crippen LogP contribution is -2.32. The molecule has 25 heavy (non-hydrogen) atoms. The Kier molecular flexibility index (Phi) is 3.91. The summed E-state index contributed by atoms with van der Waals surface area (Å²) in [5.41, 5.74) is 2.07. The number of nitrogens with zero attached hydrogens (tertiary/aromatic N) is 3. The fourth-order valence-electron chi connectivity index (χ4n) is 2.92. The molecule has 7 heteroatoms. The van der Waals surface area contributed by atoms with Crippen molar-refractivity contribution in [3.8, 4) is 0 Å². The second-order valence-corrected chi connectivity index (χ2v) is 6.14. The van der Waals surface area contributed by atoms with Crippen LogP contribution in [0.5, 0.6) is 0 Å². The van der Waals surface area contributed by atoms with Crippen molar-refractivity contribution < 1.29 is 13.6 Å². The molecule has 0 atom stereocenters. The van der Waals surface area contributed by atoms with Crippen LogP contribution in [0.3, 0.4) is 0 Å². The van der Waals surface area contributed by atoms with Crippen LogP contribution >= 0.6 is 0 Å². The van der Waals surface area contributed by atoms with E-state index in [1.165, 1.54) is 0 Å². The zero-order valence-corrected chi connectivity index (χ0v) is 13.3. The highest BCUT2D eigenvalue weighted by atomic mass is 19.3. The van der Waals surface area contributed by atoms with Crippen LogP contribution < -0.4 is 0 Å². The first-order valence-electron chi connectivity index (χ1n) is 8.10. The molecule has 0 radical (unpaired) electrons. The number of nitrogens with one attached hydrogen (secondary N) is 1. The van der Waals surface area contributed by atoms with Crippen molar-refractivity contribution >= 4 is 16.9 Å². The minimum Gasteiger partial charge on any atom is -0.337 e. The first kappa shape index (κ1) is 15.7. The van der Waals surface area contributed by atoms with Gasteiger partial charge in [-0.05, 0) is 42.7 Å². The number of aromatic amines is 1. The molecule has 0 unspecified atom stereocenters. The van der Waals surface area contributed by atoms with Crippen molar-refractivity contribution in [3.05, 3.63) is 59.7 Å². The number of hydrogen-bond acceptors (Lipinski definition) is 3. The Morgan fingerprint density at radius 3 is 2.68 bits per heavy atom. The van der Waals surface area contributed by atoms with Crippen molar-refractivity contribution in [2.24, 2.45) is 0 Å².